The number of carbonyl (C=O) groups excluding carboxylic acids is 2. The molecular weight excluding hydrogens is 152 g/mol. The summed E-state index contributed by atoms with van der Waals surface area (Å²) in [6.07, 6.45) is 1.56. The number of carboxylic acids is 2. The highest BCUT2D eigenvalue weighted by molar-refractivity contribution is 5.99. The molecule has 1 aromatic rings. The maximum atomic E-state index is 10.1. The standard InChI is InChI=1S/C6H4O5/c7-5(8)3-1-11-2-4(3)6(9)10/h1-2H,(H,7,8)(H,9,10)/p-2. The van der Waals surface area contributed by atoms with Gasteiger partial charge in [0.25, 0.3) is 0 Å². The first kappa shape index (κ1) is 7.33. The summed E-state index contributed by atoms with van der Waals surface area (Å²) in [5, 5.41) is 20.3. The van der Waals surface area contributed by atoms with E-state index in [0.29, 0.717) is 0 Å². The molecule has 0 unspecified atom stereocenters. The molecule has 0 N–H and O–H groups in total. The van der Waals surface area contributed by atoms with Crippen LogP contribution in [0, 0.1) is 0 Å². The smallest absolute Gasteiger partial charge is 0.1000 e. The summed E-state index contributed by atoms with van der Waals surface area (Å²) in [5.41, 5.74) is -1.02. The number of hydrogen-bond acceptors (Lipinski definition) is 5. The average Bonchev–Trinajstić information content (AvgIpc) is 2.32. The maximum Gasteiger partial charge on any atom is 0.1000 e. The second kappa shape index (κ2) is 2.45. The molecule has 1 rings (SSSR count). The lowest BCUT2D eigenvalue weighted by atomic mass is 10.2. The number of furan rings is 1. The minimum absolute atomic E-state index is 0.509. The predicted octanol–water partition coefficient (Wildman–Crippen LogP) is -1.99. The lowest BCUT2D eigenvalue weighted by molar-refractivity contribution is -0.259. The summed E-state index contributed by atoms with van der Waals surface area (Å²) >= 11 is 0. The van der Waals surface area contributed by atoms with Gasteiger partial charge in [-0.05, 0) is 0 Å². The van der Waals surface area contributed by atoms with Crippen molar-refractivity contribution < 1.29 is 24.2 Å². The highest BCUT2D eigenvalue weighted by atomic mass is 16.4. The fraction of sp³-hybridized carbons (Fsp3) is 0. The van der Waals surface area contributed by atoms with Gasteiger partial charge in [0.1, 0.15) is 0 Å². The van der Waals surface area contributed by atoms with Crippen LogP contribution in [0.15, 0.2) is 16.9 Å². The Morgan fingerprint density at radius 1 is 1.09 bits per heavy atom. The number of aromatic carboxylic acids is 2. The van der Waals surface area contributed by atoms with Gasteiger partial charge in [-0.3, -0.25) is 0 Å². The van der Waals surface area contributed by atoms with Crippen LogP contribution in [0.4, 0.5) is 0 Å². The second-order valence-electron chi connectivity index (χ2n) is 1.77. The van der Waals surface area contributed by atoms with Gasteiger partial charge in [-0.2, -0.15) is 0 Å². The highest BCUT2D eigenvalue weighted by Crippen LogP contribution is 2.07. The van der Waals surface area contributed by atoms with Crippen LogP contribution in [-0.2, 0) is 0 Å². The third-order valence-electron chi connectivity index (χ3n) is 1.10. The molecular formula is C6H2O5-2. The summed E-state index contributed by atoms with van der Waals surface area (Å²) in [6, 6.07) is 0. The van der Waals surface area contributed by atoms with Gasteiger partial charge in [-0.25, -0.2) is 0 Å². The van der Waals surface area contributed by atoms with E-state index in [-0.39, 0.29) is 0 Å². The Bertz CT molecular complexity index is 269. The van der Waals surface area contributed by atoms with Crippen LogP contribution in [0.5, 0.6) is 0 Å². The van der Waals surface area contributed by atoms with Gasteiger partial charge in [0.15, 0.2) is 0 Å². The van der Waals surface area contributed by atoms with Crippen LogP contribution in [0.2, 0.25) is 0 Å². The van der Waals surface area contributed by atoms with Crippen LogP contribution in [0.1, 0.15) is 20.7 Å². The number of carbonyl (C=O) groups is 2. The van der Waals surface area contributed by atoms with Crippen molar-refractivity contribution in [2.75, 3.05) is 0 Å². The topological polar surface area (TPSA) is 93.4 Å². The van der Waals surface area contributed by atoms with Crippen molar-refractivity contribution in [2.45, 2.75) is 0 Å². The van der Waals surface area contributed by atoms with Gasteiger partial charge < -0.3 is 24.2 Å². The first-order valence-electron chi connectivity index (χ1n) is 2.62. The molecule has 0 radical (unpaired) electrons. The Labute approximate surface area is 60.9 Å². The van der Waals surface area contributed by atoms with Gasteiger partial charge in [-0.1, -0.05) is 0 Å². The molecule has 0 aliphatic rings. The van der Waals surface area contributed by atoms with Crippen LogP contribution in [0.25, 0.3) is 0 Å². The van der Waals surface area contributed by atoms with E-state index in [1.54, 1.807) is 0 Å². The van der Waals surface area contributed by atoms with Crippen LogP contribution in [0.3, 0.4) is 0 Å². The molecule has 0 saturated heterocycles. The fourth-order valence-electron chi connectivity index (χ4n) is 0.613. The summed E-state index contributed by atoms with van der Waals surface area (Å²) in [5.74, 6) is -3.20. The zero-order chi connectivity index (χ0) is 8.43. The monoisotopic (exact) mass is 154 g/mol. The van der Waals surface area contributed by atoms with Gasteiger partial charge >= 0.3 is 0 Å². The van der Waals surface area contributed by atoms with Crippen LogP contribution in [-0.4, -0.2) is 11.9 Å². The summed E-state index contributed by atoms with van der Waals surface area (Å²) in [7, 11) is 0. The van der Waals surface area contributed by atoms with Crippen molar-refractivity contribution in [2.24, 2.45) is 0 Å². The molecule has 11 heavy (non-hydrogen) atoms. The van der Waals surface area contributed by atoms with E-state index in [2.05, 4.69) is 4.42 Å². The Balaban J connectivity index is 3.16. The minimum atomic E-state index is -1.60. The zero-order valence-corrected chi connectivity index (χ0v) is 5.20. The molecule has 0 atom stereocenters. The van der Waals surface area contributed by atoms with E-state index in [1.807, 2.05) is 0 Å². The van der Waals surface area contributed by atoms with Crippen molar-refractivity contribution >= 4 is 11.9 Å². The SMILES string of the molecule is O=C([O-])c1cocc1C(=O)[O-]. The summed E-state index contributed by atoms with van der Waals surface area (Å²) < 4.78 is 4.33. The first-order chi connectivity index (χ1) is 5.13. The molecule has 0 aliphatic heterocycles. The molecule has 5 heteroatoms. The van der Waals surface area contributed by atoms with Crippen molar-refractivity contribution in [1.29, 1.82) is 0 Å². The lowest BCUT2D eigenvalue weighted by Gasteiger charge is -2.02. The Kier molecular flexibility index (Phi) is 1.63. The van der Waals surface area contributed by atoms with Crippen molar-refractivity contribution in [3.63, 3.8) is 0 Å². The molecule has 0 amide bonds. The molecule has 5 nitrogen and oxygen atoms in total. The molecule has 0 spiro atoms. The van der Waals surface area contributed by atoms with Gasteiger partial charge in [0, 0.05) is 11.1 Å². The Morgan fingerprint density at radius 2 is 1.45 bits per heavy atom. The van der Waals surface area contributed by atoms with E-state index >= 15 is 0 Å². The number of hydrogen-bond donors (Lipinski definition) is 0. The van der Waals surface area contributed by atoms with Crippen molar-refractivity contribution in [1.82, 2.24) is 0 Å². The van der Waals surface area contributed by atoms with E-state index in [4.69, 9.17) is 0 Å². The van der Waals surface area contributed by atoms with E-state index in [1.165, 1.54) is 0 Å². The summed E-state index contributed by atoms with van der Waals surface area (Å²) in [6.45, 7) is 0. The first-order valence-corrected chi connectivity index (χ1v) is 2.62. The van der Waals surface area contributed by atoms with Crippen molar-refractivity contribution in [3.05, 3.63) is 23.7 Å². The van der Waals surface area contributed by atoms with Crippen LogP contribution >= 0.6 is 0 Å². The highest BCUT2D eigenvalue weighted by Gasteiger charge is 2.05. The average molecular weight is 154 g/mol. The van der Waals surface area contributed by atoms with Gasteiger partial charge in [0.05, 0.1) is 24.5 Å². The molecule has 1 aromatic heterocycles. The Hall–Kier alpha value is -1.78. The molecule has 0 bridgehead atoms. The van der Waals surface area contributed by atoms with Crippen LogP contribution < -0.4 is 10.2 Å². The lowest BCUT2D eigenvalue weighted by Crippen LogP contribution is -2.28. The number of rotatable bonds is 2. The van der Waals surface area contributed by atoms with E-state index in [0.717, 1.165) is 12.5 Å². The van der Waals surface area contributed by atoms with Gasteiger partial charge in [-0.15, -0.1) is 0 Å². The maximum absolute atomic E-state index is 10.1. The molecule has 0 fully saturated rings. The van der Waals surface area contributed by atoms with Crippen molar-refractivity contribution in [3.8, 4) is 0 Å². The molecule has 0 aromatic carbocycles. The Morgan fingerprint density at radius 3 is 1.73 bits per heavy atom. The molecule has 58 valence electrons. The second-order valence-corrected chi connectivity index (χ2v) is 1.77. The third kappa shape index (κ3) is 1.21. The predicted molar refractivity (Wildman–Crippen MR) is 27.4 cm³/mol. The third-order valence-corrected chi connectivity index (χ3v) is 1.10. The van der Waals surface area contributed by atoms with E-state index in [9.17, 15) is 19.8 Å². The molecule has 1 heterocycles. The zero-order valence-electron chi connectivity index (χ0n) is 5.20. The number of carboxylic acid groups (broad SMARTS) is 2. The quantitative estimate of drug-likeness (QED) is 0.491. The molecule has 0 aliphatic carbocycles. The molecule has 0 saturated carbocycles. The summed E-state index contributed by atoms with van der Waals surface area (Å²) in [4.78, 5) is 20.3. The van der Waals surface area contributed by atoms with E-state index < -0.39 is 23.1 Å². The largest absolute Gasteiger partial charge is 0.545 e. The minimum Gasteiger partial charge on any atom is -0.545 e. The van der Waals surface area contributed by atoms with Gasteiger partial charge in [0.2, 0.25) is 0 Å². The normalized spacial score (nSPS) is 9.45. The fourth-order valence-corrected chi connectivity index (χ4v) is 0.613.